The predicted octanol–water partition coefficient (Wildman–Crippen LogP) is 10.2. The second-order valence-corrected chi connectivity index (χ2v) is 13.1. The van der Waals surface area contributed by atoms with E-state index in [9.17, 15) is 0 Å². The van der Waals surface area contributed by atoms with Crippen LogP contribution in [0.5, 0.6) is 0 Å². The van der Waals surface area contributed by atoms with Gasteiger partial charge in [0.05, 0.1) is 0 Å². The molecular formula is C31H27Cl2Zr-. The number of halogens is 2. The van der Waals surface area contributed by atoms with E-state index < -0.39 is 20.8 Å². The van der Waals surface area contributed by atoms with Gasteiger partial charge >= 0.3 is 37.9 Å². The van der Waals surface area contributed by atoms with Crippen molar-refractivity contribution < 1.29 is 20.8 Å². The summed E-state index contributed by atoms with van der Waals surface area (Å²) in [5, 5.41) is 2.64. The molecule has 0 unspecified atom stereocenters. The third-order valence-corrected chi connectivity index (χ3v) is 6.12. The molecule has 0 aromatic heterocycles. The van der Waals surface area contributed by atoms with Gasteiger partial charge in [0, 0.05) is 0 Å². The average molecular weight is 562 g/mol. The number of benzene rings is 4. The predicted molar refractivity (Wildman–Crippen MR) is 146 cm³/mol. The topological polar surface area (TPSA) is 0 Å². The van der Waals surface area contributed by atoms with E-state index in [1.807, 2.05) is 0 Å². The molecule has 0 bridgehead atoms. The van der Waals surface area contributed by atoms with E-state index in [2.05, 4.69) is 130 Å². The Balaban J connectivity index is 0.000000868. The van der Waals surface area contributed by atoms with Crippen LogP contribution in [0.2, 0.25) is 0 Å². The summed E-state index contributed by atoms with van der Waals surface area (Å²) >= 11 is -0.826. The molecule has 0 amide bonds. The molecule has 0 aliphatic rings. The van der Waals surface area contributed by atoms with Crippen molar-refractivity contribution >= 4 is 27.8 Å². The van der Waals surface area contributed by atoms with Gasteiger partial charge in [-0.2, -0.15) is 6.07 Å². The Kier molecular flexibility index (Phi) is 8.20. The fourth-order valence-electron chi connectivity index (χ4n) is 4.43. The average Bonchev–Trinajstić information content (AvgIpc) is 3.30. The Hall–Kier alpha value is -2.05. The summed E-state index contributed by atoms with van der Waals surface area (Å²) in [5.41, 5.74) is 9.14. The molecule has 0 spiro atoms. The standard InChI is InChI=1S/C31H27.2ClH.Zr/c1-31(2,3)25-20-24-18-19-27(23-14-8-5-9-15-23)30(29(24)21-25)28-17-11-10-16-26(28)22-12-6-4-7-13-22;;;/h4-21H,1-3H3;2*1H;/q-1;;;+2/p-2. The molecule has 170 valence electrons. The van der Waals surface area contributed by atoms with Crippen LogP contribution in [0.15, 0.2) is 109 Å². The first-order valence-electron chi connectivity index (χ1n) is 11.3. The van der Waals surface area contributed by atoms with Gasteiger partial charge in [-0.25, -0.2) is 0 Å². The first-order chi connectivity index (χ1) is 16.4. The maximum absolute atomic E-state index is 4.93. The molecule has 0 aliphatic heterocycles. The van der Waals surface area contributed by atoms with E-state index in [-0.39, 0.29) is 5.41 Å². The summed E-state index contributed by atoms with van der Waals surface area (Å²) in [5.74, 6) is 0. The van der Waals surface area contributed by atoms with Crippen LogP contribution in [0.3, 0.4) is 0 Å². The molecule has 5 aromatic carbocycles. The van der Waals surface area contributed by atoms with E-state index in [1.54, 1.807) is 0 Å². The van der Waals surface area contributed by atoms with Crippen LogP contribution in [0, 0.1) is 0 Å². The molecule has 0 saturated heterocycles. The van der Waals surface area contributed by atoms with Gasteiger partial charge in [0.25, 0.3) is 0 Å². The summed E-state index contributed by atoms with van der Waals surface area (Å²) in [6.45, 7) is 6.87. The van der Waals surface area contributed by atoms with E-state index >= 15 is 0 Å². The molecule has 0 heterocycles. The van der Waals surface area contributed by atoms with Gasteiger partial charge in [-0.05, 0) is 33.2 Å². The van der Waals surface area contributed by atoms with Crippen molar-refractivity contribution in [2.24, 2.45) is 0 Å². The molecule has 0 saturated carbocycles. The molecule has 5 aromatic rings. The van der Waals surface area contributed by atoms with Crippen LogP contribution in [-0.4, -0.2) is 0 Å². The van der Waals surface area contributed by atoms with Gasteiger partial charge in [0.15, 0.2) is 0 Å². The monoisotopic (exact) mass is 559 g/mol. The normalized spacial score (nSPS) is 11.1. The number of hydrogen-bond donors (Lipinski definition) is 0. The Morgan fingerprint density at radius 1 is 0.618 bits per heavy atom. The quantitative estimate of drug-likeness (QED) is 0.192. The van der Waals surface area contributed by atoms with E-state index in [0.29, 0.717) is 0 Å². The van der Waals surface area contributed by atoms with Crippen LogP contribution in [0.4, 0.5) is 0 Å². The number of rotatable bonds is 3. The molecule has 0 fully saturated rings. The summed E-state index contributed by atoms with van der Waals surface area (Å²) in [7, 11) is 9.87. The number of hydrogen-bond acceptors (Lipinski definition) is 0. The minimum absolute atomic E-state index is 0.113. The van der Waals surface area contributed by atoms with E-state index in [1.165, 1.54) is 49.7 Å². The molecular weight excluding hydrogens is 534 g/mol. The van der Waals surface area contributed by atoms with Gasteiger partial charge in [-0.15, -0.1) is 28.5 Å². The molecule has 0 aliphatic carbocycles. The molecule has 0 nitrogen and oxygen atoms in total. The number of fused-ring (bicyclic) bond motifs is 1. The molecule has 5 rings (SSSR count). The maximum atomic E-state index is 4.93. The SMILES string of the molecule is CC(C)(C)c1cc2c(-c3ccccc3-c3ccccc3)c(-c3ccccc3)ccc2[cH-]1.[Cl][Zr][Cl]. The summed E-state index contributed by atoms with van der Waals surface area (Å²) in [4.78, 5) is 0. The van der Waals surface area contributed by atoms with Crippen molar-refractivity contribution in [3.05, 3.63) is 115 Å². The van der Waals surface area contributed by atoms with Gasteiger partial charge in [-0.3, -0.25) is 0 Å². The second kappa shape index (κ2) is 11.1. The molecule has 0 atom stereocenters. The van der Waals surface area contributed by atoms with Crippen LogP contribution in [0.25, 0.3) is 44.2 Å². The van der Waals surface area contributed by atoms with Crippen molar-refractivity contribution in [2.75, 3.05) is 0 Å². The van der Waals surface area contributed by atoms with Crippen LogP contribution >= 0.6 is 17.0 Å². The molecule has 3 heteroatoms. The molecule has 0 N–H and O–H groups in total. The zero-order valence-electron chi connectivity index (χ0n) is 19.6. The second-order valence-electron chi connectivity index (χ2n) is 9.33. The van der Waals surface area contributed by atoms with Crippen molar-refractivity contribution in [3.8, 4) is 33.4 Å². The molecule has 0 radical (unpaired) electrons. The third-order valence-electron chi connectivity index (χ3n) is 6.12. The van der Waals surface area contributed by atoms with Gasteiger partial charge in [0.2, 0.25) is 0 Å². The first kappa shape index (κ1) is 25.1. The van der Waals surface area contributed by atoms with Crippen molar-refractivity contribution in [3.63, 3.8) is 0 Å². The molecule has 34 heavy (non-hydrogen) atoms. The first-order valence-corrected chi connectivity index (χ1v) is 17.7. The Labute approximate surface area is 221 Å². The Bertz CT molecular complexity index is 1360. The fraction of sp³-hybridized carbons (Fsp3) is 0.129. The summed E-state index contributed by atoms with van der Waals surface area (Å²) in [6.07, 6.45) is 0. The van der Waals surface area contributed by atoms with Crippen LogP contribution in [0.1, 0.15) is 26.3 Å². The van der Waals surface area contributed by atoms with Gasteiger partial charge in [0.1, 0.15) is 0 Å². The van der Waals surface area contributed by atoms with Gasteiger partial charge in [-0.1, -0.05) is 117 Å². The van der Waals surface area contributed by atoms with E-state index in [0.717, 1.165) is 0 Å². The van der Waals surface area contributed by atoms with Crippen molar-refractivity contribution in [2.45, 2.75) is 26.2 Å². The minimum atomic E-state index is -0.826. The van der Waals surface area contributed by atoms with Gasteiger partial charge < -0.3 is 0 Å². The third kappa shape index (κ3) is 5.44. The zero-order valence-corrected chi connectivity index (χ0v) is 23.6. The Morgan fingerprint density at radius 2 is 1.12 bits per heavy atom. The zero-order chi connectivity index (χ0) is 24.1. The van der Waals surface area contributed by atoms with Crippen LogP contribution in [-0.2, 0) is 26.3 Å². The van der Waals surface area contributed by atoms with E-state index in [4.69, 9.17) is 17.0 Å². The Morgan fingerprint density at radius 3 is 1.68 bits per heavy atom. The summed E-state index contributed by atoms with van der Waals surface area (Å²) in [6, 6.07) is 39.6. The fourth-order valence-corrected chi connectivity index (χ4v) is 4.43. The van der Waals surface area contributed by atoms with Crippen molar-refractivity contribution in [1.82, 2.24) is 0 Å². The van der Waals surface area contributed by atoms with Crippen LogP contribution < -0.4 is 0 Å². The van der Waals surface area contributed by atoms with Crippen molar-refractivity contribution in [1.29, 1.82) is 0 Å². The summed E-state index contributed by atoms with van der Waals surface area (Å²) < 4.78 is 0.